The normalized spacial score (nSPS) is 9.13. The molecule has 15 heavy (non-hydrogen) atoms. The Labute approximate surface area is 94.2 Å². The molecule has 0 aromatic rings. The first-order chi connectivity index (χ1) is 7.20. The van der Waals surface area contributed by atoms with Crippen LogP contribution >= 0.6 is 0 Å². The van der Waals surface area contributed by atoms with Gasteiger partial charge in [0.1, 0.15) is 19.0 Å². The molecule has 6 heteroatoms. The van der Waals surface area contributed by atoms with Crippen LogP contribution in [0, 0.1) is 0 Å². The standard InChI is InChI=1S/C9H15NO4S/c1-2-8(11)13-5-6-14-9(12)10-4-3-7-15/h2,15H,1,3-7H2,(H,10,12)/p+1. The summed E-state index contributed by atoms with van der Waals surface area (Å²) in [6, 6.07) is 0. The lowest BCUT2D eigenvalue weighted by molar-refractivity contribution is -0.138. The van der Waals surface area contributed by atoms with Crippen molar-refractivity contribution in [3.05, 3.63) is 12.7 Å². The van der Waals surface area contributed by atoms with E-state index in [1.54, 1.807) is 0 Å². The minimum absolute atomic E-state index is 0.0381. The molecule has 0 fully saturated rings. The molecular weight excluding hydrogens is 218 g/mol. The van der Waals surface area contributed by atoms with Gasteiger partial charge >= 0.3 is 12.1 Å². The SMILES string of the molecule is C=CC(=O)OCCOC(=O)NCCC[SH2+]. The number of amides is 1. The summed E-state index contributed by atoms with van der Waals surface area (Å²) in [4.78, 5) is 21.5. The van der Waals surface area contributed by atoms with Crippen molar-refractivity contribution in [2.75, 3.05) is 25.5 Å². The van der Waals surface area contributed by atoms with Crippen molar-refractivity contribution in [3.63, 3.8) is 0 Å². The first-order valence-corrected chi connectivity index (χ1v) is 5.25. The number of carbonyl (C=O) groups is 2. The Balaban J connectivity index is 3.31. The third-order valence-corrected chi connectivity index (χ3v) is 1.70. The predicted octanol–water partition coefficient (Wildman–Crippen LogP) is -0.157. The van der Waals surface area contributed by atoms with Crippen molar-refractivity contribution in [3.8, 4) is 0 Å². The number of rotatable bonds is 7. The van der Waals surface area contributed by atoms with E-state index in [0.29, 0.717) is 6.54 Å². The summed E-state index contributed by atoms with van der Waals surface area (Å²) in [6.07, 6.45) is 1.37. The fourth-order valence-electron chi connectivity index (χ4n) is 0.665. The number of alkyl carbamates (subject to hydrolysis) is 1. The molecule has 1 amide bonds. The molecule has 0 bridgehead atoms. The van der Waals surface area contributed by atoms with Gasteiger partial charge in [0.2, 0.25) is 0 Å². The average Bonchev–Trinajstić information content (AvgIpc) is 2.24. The summed E-state index contributed by atoms with van der Waals surface area (Å²) in [5.41, 5.74) is 0. The second-order valence-corrected chi connectivity index (χ2v) is 3.04. The summed E-state index contributed by atoms with van der Waals surface area (Å²) in [5, 5.41) is 2.53. The summed E-state index contributed by atoms with van der Waals surface area (Å²) >= 11 is 3.27. The van der Waals surface area contributed by atoms with Gasteiger partial charge in [0.05, 0.1) is 0 Å². The van der Waals surface area contributed by atoms with Crippen molar-refractivity contribution in [2.45, 2.75) is 6.42 Å². The van der Waals surface area contributed by atoms with Crippen LogP contribution in [-0.4, -0.2) is 37.6 Å². The molecule has 0 radical (unpaired) electrons. The topological polar surface area (TPSA) is 64.6 Å². The molecule has 0 aromatic carbocycles. The zero-order chi connectivity index (χ0) is 11.5. The predicted molar refractivity (Wildman–Crippen MR) is 60.1 cm³/mol. The minimum Gasteiger partial charge on any atom is -0.459 e. The van der Waals surface area contributed by atoms with E-state index in [4.69, 9.17) is 4.74 Å². The van der Waals surface area contributed by atoms with Gasteiger partial charge in [-0.3, -0.25) is 0 Å². The van der Waals surface area contributed by atoms with Gasteiger partial charge in [-0.05, 0) is 12.6 Å². The molecule has 0 aromatic heterocycles. The van der Waals surface area contributed by atoms with Crippen LogP contribution in [0.1, 0.15) is 6.42 Å². The van der Waals surface area contributed by atoms with Gasteiger partial charge in [-0.2, -0.15) is 0 Å². The maximum atomic E-state index is 10.9. The molecule has 0 atom stereocenters. The van der Waals surface area contributed by atoms with Crippen LogP contribution < -0.4 is 5.32 Å². The Hall–Kier alpha value is -1.17. The maximum absolute atomic E-state index is 10.9. The lowest BCUT2D eigenvalue weighted by Gasteiger charge is -2.05. The second kappa shape index (κ2) is 9.39. The number of hydrogen-bond donors (Lipinski definition) is 1. The Kier molecular flexibility index (Phi) is 8.66. The molecule has 5 nitrogen and oxygen atoms in total. The fourth-order valence-corrected chi connectivity index (χ4v) is 0.842. The van der Waals surface area contributed by atoms with Crippen LogP contribution in [0.3, 0.4) is 0 Å². The van der Waals surface area contributed by atoms with Crippen molar-refractivity contribution in [1.29, 1.82) is 0 Å². The lowest BCUT2D eigenvalue weighted by Crippen LogP contribution is -2.27. The van der Waals surface area contributed by atoms with Crippen LogP contribution in [0.25, 0.3) is 0 Å². The Morgan fingerprint density at radius 1 is 1.33 bits per heavy atom. The van der Waals surface area contributed by atoms with Crippen molar-refractivity contribution < 1.29 is 19.1 Å². The number of nitrogens with one attached hydrogen (secondary N) is 1. The highest BCUT2D eigenvalue weighted by atomic mass is 32.1. The van der Waals surface area contributed by atoms with Gasteiger partial charge in [0, 0.05) is 19.0 Å². The summed E-state index contributed by atoms with van der Waals surface area (Å²) in [7, 11) is 0. The Bertz CT molecular complexity index is 220. The quantitative estimate of drug-likeness (QED) is 0.288. The zero-order valence-electron chi connectivity index (χ0n) is 8.45. The monoisotopic (exact) mass is 234 g/mol. The number of hydrogen-bond acceptors (Lipinski definition) is 4. The van der Waals surface area contributed by atoms with E-state index in [9.17, 15) is 9.59 Å². The van der Waals surface area contributed by atoms with E-state index >= 15 is 0 Å². The van der Waals surface area contributed by atoms with Gasteiger partial charge in [-0.1, -0.05) is 6.58 Å². The van der Waals surface area contributed by atoms with E-state index < -0.39 is 12.1 Å². The summed E-state index contributed by atoms with van der Waals surface area (Å²) in [6.45, 7) is 3.85. The summed E-state index contributed by atoms with van der Waals surface area (Å²) < 4.78 is 9.30. The first kappa shape index (κ1) is 13.8. The summed E-state index contributed by atoms with van der Waals surface area (Å²) in [5.74, 6) is 0.287. The Morgan fingerprint density at radius 2 is 2.00 bits per heavy atom. The first-order valence-electron chi connectivity index (χ1n) is 4.55. The molecule has 0 aliphatic rings. The van der Waals surface area contributed by atoms with Crippen molar-refractivity contribution in [1.82, 2.24) is 5.32 Å². The molecule has 1 N–H and O–H groups in total. The van der Waals surface area contributed by atoms with Gasteiger partial charge in [0.25, 0.3) is 0 Å². The molecule has 0 aliphatic heterocycles. The fraction of sp³-hybridized carbons (Fsp3) is 0.556. The highest BCUT2D eigenvalue weighted by molar-refractivity contribution is 7.58. The lowest BCUT2D eigenvalue weighted by atomic mass is 10.5. The van der Waals surface area contributed by atoms with E-state index in [1.165, 1.54) is 0 Å². The van der Waals surface area contributed by atoms with Gasteiger partial charge in [-0.15, -0.1) is 0 Å². The van der Waals surface area contributed by atoms with E-state index in [0.717, 1.165) is 18.2 Å². The molecule has 0 spiro atoms. The van der Waals surface area contributed by atoms with Gasteiger partial charge in [0.15, 0.2) is 0 Å². The van der Waals surface area contributed by atoms with Crippen LogP contribution in [0.15, 0.2) is 12.7 Å². The zero-order valence-corrected chi connectivity index (χ0v) is 9.45. The molecule has 0 unspecified atom stereocenters. The third-order valence-electron chi connectivity index (χ3n) is 1.35. The van der Waals surface area contributed by atoms with Crippen molar-refractivity contribution in [2.24, 2.45) is 0 Å². The van der Waals surface area contributed by atoms with Gasteiger partial charge < -0.3 is 14.8 Å². The molecule has 0 saturated carbocycles. The van der Waals surface area contributed by atoms with E-state index in [1.807, 2.05) is 0 Å². The average molecular weight is 234 g/mol. The van der Waals surface area contributed by atoms with Crippen LogP contribution in [0.2, 0.25) is 0 Å². The Morgan fingerprint density at radius 3 is 2.60 bits per heavy atom. The maximum Gasteiger partial charge on any atom is 0.407 e. The molecular formula is C9H16NO4S+. The molecule has 0 aliphatic carbocycles. The molecule has 0 rings (SSSR count). The van der Waals surface area contributed by atoms with Gasteiger partial charge in [-0.25, -0.2) is 9.59 Å². The van der Waals surface area contributed by atoms with Crippen LogP contribution in [0.4, 0.5) is 4.79 Å². The van der Waals surface area contributed by atoms with E-state index in [2.05, 4.69) is 29.3 Å². The van der Waals surface area contributed by atoms with E-state index in [-0.39, 0.29) is 13.2 Å². The third kappa shape index (κ3) is 9.14. The van der Waals surface area contributed by atoms with Crippen LogP contribution in [-0.2, 0) is 26.9 Å². The minimum atomic E-state index is -0.530. The van der Waals surface area contributed by atoms with Crippen molar-refractivity contribution >= 4 is 24.7 Å². The smallest absolute Gasteiger partial charge is 0.407 e. The number of esters is 1. The molecule has 0 saturated heterocycles. The molecule has 0 heterocycles. The highest BCUT2D eigenvalue weighted by Gasteiger charge is 2.01. The second-order valence-electron chi connectivity index (χ2n) is 2.54. The molecule has 86 valence electrons. The number of ether oxygens (including phenoxy) is 2. The largest absolute Gasteiger partial charge is 0.459 e. The van der Waals surface area contributed by atoms with Crippen LogP contribution in [0.5, 0.6) is 0 Å². The highest BCUT2D eigenvalue weighted by Crippen LogP contribution is 1.83. The number of carbonyl (C=O) groups excluding carboxylic acids is 2.